The molecule has 1 aliphatic heterocycles. The van der Waals surface area contributed by atoms with Gasteiger partial charge in [-0.3, -0.25) is 19.6 Å². The van der Waals surface area contributed by atoms with Gasteiger partial charge in [-0.15, -0.1) is 11.3 Å². The summed E-state index contributed by atoms with van der Waals surface area (Å²) in [7, 11) is 0. The highest BCUT2D eigenvalue weighted by Gasteiger charge is 2.23. The minimum Gasteiger partial charge on any atom is -0.324 e. The molecule has 3 rings (SSSR count). The fourth-order valence-corrected chi connectivity index (χ4v) is 4.29. The average Bonchev–Trinajstić information content (AvgIpc) is 3.49. The monoisotopic (exact) mass is 459 g/mol. The van der Waals surface area contributed by atoms with E-state index in [4.69, 9.17) is 5.21 Å². The number of hydrogen-bond acceptors (Lipinski definition) is 7. The maximum absolute atomic E-state index is 12.5. The zero-order valence-corrected chi connectivity index (χ0v) is 18.7. The molecule has 0 radical (unpaired) electrons. The van der Waals surface area contributed by atoms with Crippen molar-refractivity contribution in [1.29, 1.82) is 0 Å². The quantitative estimate of drug-likeness (QED) is 0.199. The van der Waals surface area contributed by atoms with E-state index in [9.17, 15) is 14.4 Å². The highest BCUT2D eigenvalue weighted by molar-refractivity contribution is 7.14. The number of carbonyl (C=O) groups is 3. The SMILES string of the molecule is O=C(CCCCCCC(=O)Nc1nc(-c2ccccc2NC(=O)C2CCCN2)cs1)NO. The molecular weight excluding hydrogens is 430 g/mol. The molecule has 1 fully saturated rings. The Hall–Kier alpha value is -2.82. The predicted octanol–water partition coefficient (Wildman–Crippen LogP) is 3.29. The van der Waals surface area contributed by atoms with Crippen LogP contribution >= 0.6 is 11.3 Å². The molecule has 2 aromatic rings. The second-order valence-corrected chi connectivity index (χ2v) is 8.58. The van der Waals surface area contributed by atoms with Gasteiger partial charge in [-0.2, -0.15) is 0 Å². The third-order valence-electron chi connectivity index (χ3n) is 5.27. The van der Waals surface area contributed by atoms with Crippen LogP contribution in [0.4, 0.5) is 10.8 Å². The Morgan fingerprint density at radius 2 is 1.81 bits per heavy atom. The van der Waals surface area contributed by atoms with Crippen LogP contribution in [0.2, 0.25) is 0 Å². The van der Waals surface area contributed by atoms with Crippen LogP contribution in [0.1, 0.15) is 51.4 Å². The molecule has 0 bridgehead atoms. The molecular formula is C22H29N5O4S. The summed E-state index contributed by atoms with van der Waals surface area (Å²) >= 11 is 1.34. The third kappa shape index (κ3) is 7.11. The molecule has 2 heterocycles. The van der Waals surface area contributed by atoms with Gasteiger partial charge >= 0.3 is 0 Å². The van der Waals surface area contributed by atoms with Crippen molar-refractivity contribution in [3.8, 4) is 11.3 Å². The molecule has 1 aromatic heterocycles. The Morgan fingerprint density at radius 1 is 1.06 bits per heavy atom. The number of nitrogens with one attached hydrogen (secondary N) is 4. The van der Waals surface area contributed by atoms with Gasteiger partial charge in [0.25, 0.3) is 0 Å². The Balaban J connectivity index is 1.48. The van der Waals surface area contributed by atoms with E-state index in [1.165, 1.54) is 11.3 Å². The van der Waals surface area contributed by atoms with E-state index in [-0.39, 0.29) is 24.3 Å². The van der Waals surface area contributed by atoms with Crippen molar-refractivity contribution in [3.05, 3.63) is 29.6 Å². The van der Waals surface area contributed by atoms with Crippen molar-refractivity contribution in [1.82, 2.24) is 15.8 Å². The number of rotatable bonds is 11. The lowest BCUT2D eigenvalue weighted by Gasteiger charge is -2.13. The summed E-state index contributed by atoms with van der Waals surface area (Å²) in [5.41, 5.74) is 3.81. The first-order valence-corrected chi connectivity index (χ1v) is 11.8. The van der Waals surface area contributed by atoms with Crippen molar-refractivity contribution in [2.45, 2.75) is 57.4 Å². The fraction of sp³-hybridized carbons (Fsp3) is 0.455. The van der Waals surface area contributed by atoms with Crippen LogP contribution in [0.5, 0.6) is 0 Å². The molecule has 172 valence electrons. The summed E-state index contributed by atoms with van der Waals surface area (Å²) in [4.78, 5) is 40.1. The lowest BCUT2D eigenvalue weighted by atomic mass is 10.1. The van der Waals surface area contributed by atoms with Crippen LogP contribution in [0.25, 0.3) is 11.3 Å². The topological polar surface area (TPSA) is 132 Å². The summed E-state index contributed by atoms with van der Waals surface area (Å²) in [6.07, 6.45) is 5.53. The van der Waals surface area contributed by atoms with Crippen LogP contribution in [0.3, 0.4) is 0 Å². The molecule has 9 nitrogen and oxygen atoms in total. The van der Waals surface area contributed by atoms with Gasteiger partial charge in [-0.05, 0) is 38.3 Å². The number of anilines is 2. The van der Waals surface area contributed by atoms with Crippen LogP contribution < -0.4 is 21.4 Å². The van der Waals surface area contributed by atoms with E-state index in [0.29, 0.717) is 29.4 Å². The summed E-state index contributed by atoms with van der Waals surface area (Å²) in [6, 6.07) is 7.34. The fourth-order valence-electron chi connectivity index (χ4n) is 3.56. The highest BCUT2D eigenvalue weighted by Crippen LogP contribution is 2.31. The Labute approximate surface area is 191 Å². The second-order valence-electron chi connectivity index (χ2n) is 7.72. The van der Waals surface area contributed by atoms with E-state index >= 15 is 0 Å². The third-order valence-corrected chi connectivity index (χ3v) is 6.03. The maximum atomic E-state index is 12.5. The first kappa shape index (κ1) is 23.8. The Morgan fingerprint density at radius 3 is 2.53 bits per heavy atom. The molecule has 1 aliphatic rings. The lowest BCUT2D eigenvalue weighted by Crippen LogP contribution is -2.35. The number of hydrogen-bond donors (Lipinski definition) is 5. The zero-order valence-electron chi connectivity index (χ0n) is 17.9. The number of hydroxylamine groups is 1. The summed E-state index contributed by atoms with van der Waals surface area (Å²) in [6.45, 7) is 0.857. The molecule has 1 atom stereocenters. The highest BCUT2D eigenvalue weighted by atomic mass is 32.1. The minimum absolute atomic E-state index is 0.0457. The first-order chi connectivity index (χ1) is 15.6. The minimum atomic E-state index is -0.390. The van der Waals surface area contributed by atoms with E-state index in [2.05, 4.69) is 20.9 Å². The summed E-state index contributed by atoms with van der Waals surface area (Å²) in [5.74, 6) is -0.540. The summed E-state index contributed by atoms with van der Waals surface area (Å²) in [5, 5.41) is 19.8. The van der Waals surface area contributed by atoms with Crippen LogP contribution in [-0.4, -0.2) is 40.5 Å². The van der Waals surface area contributed by atoms with E-state index < -0.39 is 5.91 Å². The number of carbonyl (C=O) groups excluding carboxylic acids is 3. The van der Waals surface area contributed by atoms with Gasteiger partial charge in [0.15, 0.2) is 5.13 Å². The molecule has 0 saturated carbocycles. The van der Waals surface area contributed by atoms with Crippen molar-refractivity contribution < 1.29 is 19.6 Å². The Bertz CT molecular complexity index is 927. The summed E-state index contributed by atoms with van der Waals surface area (Å²) < 4.78 is 0. The van der Waals surface area contributed by atoms with Crippen molar-refractivity contribution in [2.24, 2.45) is 0 Å². The van der Waals surface area contributed by atoms with Crippen LogP contribution in [-0.2, 0) is 14.4 Å². The van der Waals surface area contributed by atoms with Gasteiger partial charge in [0.1, 0.15) is 0 Å². The molecule has 5 N–H and O–H groups in total. The average molecular weight is 460 g/mol. The number of unbranched alkanes of at least 4 members (excludes halogenated alkanes) is 3. The van der Waals surface area contributed by atoms with Crippen LogP contribution in [0, 0.1) is 0 Å². The van der Waals surface area contributed by atoms with E-state index in [1.54, 1.807) is 5.48 Å². The van der Waals surface area contributed by atoms with Crippen molar-refractivity contribution >= 4 is 39.9 Å². The number of amides is 3. The molecule has 1 unspecified atom stereocenters. The van der Waals surface area contributed by atoms with Crippen molar-refractivity contribution in [2.75, 3.05) is 17.2 Å². The Kier molecular flexibility index (Phi) is 9.14. The number of para-hydroxylation sites is 1. The van der Waals surface area contributed by atoms with E-state index in [1.807, 2.05) is 29.6 Å². The molecule has 1 aromatic carbocycles. The van der Waals surface area contributed by atoms with Crippen LogP contribution in [0.15, 0.2) is 29.6 Å². The van der Waals surface area contributed by atoms with Gasteiger partial charge in [0, 0.05) is 23.8 Å². The molecule has 0 aliphatic carbocycles. The van der Waals surface area contributed by atoms with Gasteiger partial charge in [-0.25, -0.2) is 10.5 Å². The van der Waals surface area contributed by atoms with Gasteiger partial charge < -0.3 is 16.0 Å². The molecule has 10 heteroatoms. The number of benzene rings is 1. The second kappa shape index (κ2) is 12.3. The first-order valence-electron chi connectivity index (χ1n) is 10.9. The largest absolute Gasteiger partial charge is 0.324 e. The standard InChI is InChI=1S/C22H29N5O4S/c28-19(11-3-1-2-4-12-20(29)27-31)26-22-25-18(14-32-22)15-8-5-6-9-16(15)24-21(30)17-10-7-13-23-17/h5-6,8-9,14,17,23,31H,1-4,7,10-13H2,(H,24,30)(H,27,29)(H,25,26,28). The van der Waals surface area contributed by atoms with Gasteiger partial charge in [0.05, 0.1) is 17.4 Å². The normalized spacial score (nSPS) is 15.3. The molecule has 0 spiro atoms. The molecule has 1 saturated heterocycles. The molecule has 3 amide bonds. The maximum Gasteiger partial charge on any atom is 0.243 e. The zero-order chi connectivity index (χ0) is 22.8. The molecule has 32 heavy (non-hydrogen) atoms. The number of aromatic nitrogens is 1. The predicted molar refractivity (Wildman–Crippen MR) is 123 cm³/mol. The van der Waals surface area contributed by atoms with Gasteiger partial charge in [0.2, 0.25) is 17.7 Å². The lowest BCUT2D eigenvalue weighted by molar-refractivity contribution is -0.129. The van der Waals surface area contributed by atoms with Crippen molar-refractivity contribution in [3.63, 3.8) is 0 Å². The smallest absolute Gasteiger partial charge is 0.243 e. The number of nitrogens with zero attached hydrogens (tertiary/aromatic N) is 1. The van der Waals surface area contributed by atoms with E-state index in [0.717, 1.165) is 44.2 Å². The number of thiazole rings is 1. The van der Waals surface area contributed by atoms with Gasteiger partial charge in [-0.1, -0.05) is 31.0 Å².